The van der Waals surface area contributed by atoms with Gasteiger partial charge in [-0.15, -0.1) is 0 Å². The first-order chi connectivity index (χ1) is 12.8. The van der Waals surface area contributed by atoms with Crippen LogP contribution in [0.1, 0.15) is 39.5 Å². The first kappa shape index (κ1) is 20.6. The number of ether oxygens (including phenoxy) is 2. The highest BCUT2D eigenvalue weighted by molar-refractivity contribution is 6.34. The number of nitrogens with one attached hydrogen (secondary N) is 1. The highest BCUT2D eigenvalue weighted by atomic mass is 35.5. The molecule has 0 saturated heterocycles. The van der Waals surface area contributed by atoms with Crippen LogP contribution in [0.25, 0.3) is 0 Å². The van der Waals surface area contributed by atoms with E-state index in [1.807, 2.05) is 13.8 Å². The molecule has 0 aromatic heterocycles. The second-order valence-electron chi connectivity index (χ2n) is 6.15. The van der Waals surface area contributed by atoms with Crippen LogP contribution in [-0.2, 0) is 4.79 Å². The molecule has 6 nitrogen and oxygen atoms in total. The van der Waals surface area contributed by atoms with Crippen molar-refractivity contribution >= 4 is 23.5 Å². The smallest absolute Gasteiger partial charge is 0.305 e. The van der Waals surface area contributed by atoms with Gasteiger partial charge in [0.05, 0.1) is 37.3 Å². The number of hydrogen-bond acceptors (Lipinski definition) is 4. The number of aliphatic carboxylic acids is 1. The van der Waals surface area contributed by atoms with Crippen molar-refractivity contribution in [3.05, 3.63) is 57.6 Å². The Bertz CT molecular complexity index is 866. The van der Waals surface area contributed by atoms with E-state index in [1.165, 1.54) is 14.2 Å². The summed E-state index contributed by atoms with van der Waals surface area (Å²) in [6.07, 6.45) is -0.309. The van der Waals surface area contributed by atoms with Crippen LogP contribution in [0, 0.1) is 13.8 Å². The SMILES string of the molecule is COc1ccc(C(CC(=O)O)NC(=O)c2cc(C)c(C)cc2Cl)c(OC)c1. The zero-order chi connectivity index (χ0) is 20.1. The lowest BCUT2D eigenvalue weighted by atomic mass is 10.0. The van der Waals surface area contributed by atoms with Crippen LogP contribution in [0.2, 0.25) is 5.02 Å². The molecule has 0 heterocycles. The Morgan fingerprint density at radius 2 is 1.78 bits per heavy atom. The van der Waals surface area contributed by atoms with E-state index in [1.54, 1.807) is 30.3 Å². The van der Waals surface area contributed by atoms with Gasteiger partial charge in [-0.25, -0.2) is 0 Å². The van der Waals surface area contributed by atoms with Crippen LogP contribution in [0.5, 0.6) is 11.5 Å². The van der Waals surface area contributed by atoms with E-state index in [2.05, 4.69) is 5.32 Å². The molecule has 1 atom stereocenters. The number of amides is 1. The first-order valence-electron chi connectivity index (χ1n) is 8.28. The summed E-state index contributed by atoms with van der Waals surface area (Å²) in [5, 5.41) is 12.4. The normalized spacial score (nSPS) is 11.6. The van der Waals surface area contributed by atoms with Crippen LogP contribution in [0.3, 0.4) is 0 Å². The third kappa shape index (κ3) is 4.92. The van der Waals surface area contributed by atoms with Crippen molar-refractivity contribution in [1.82, 2.24) is 5.32 Å². The average Bonchev–Trinajstić information content (AvgIpc) is 2.63. The van der Waals surface area contributed by atoms with E-state index < -0.39 is 17.9 Å². The Kier molecular flexibility index (Phi) is 6.69. The topological polar surface area (TPSA) is 84.9 Å². The summed E-state index contributed by atoms with van der Waals surface area (Å²) in [6, 6.07) is 7.60. The Morgan fingerprint density at radius 1 is 1.11 bits per heavy atom. The van der Waals surface area contributed by atoms with Crippen molar-refractivity contribution in [3.63, 3.8) is 0 Å². The van der Waals surface area contributed by atoms with Crippen molar-refractivity contribution in [2.24, 2.45) is 0 Å². The molecule has 144 valence electrons. The fourth-order valence-corrected chi connectivity index (χ4v) is 3.01. The predicted octanol–water partition coefficient (Wildman–Crippen LogP) is 3.92. The van der Waals surface area contributed by atoms with Gasteiger partial charge in [-0.1, -0.05) is 11.6 Å². The predicted molar refractivity (Wildman–Crippen MR) is 103 cm³/mol. The van der Waals surface area contributed by atoms with Crippen molar-refractivity contribution in [2.45, 2.75) is 26.3 Å². The van der Waals surface area contributed by atoms with E-state index in [9.17, 15) is 14.7 Å². The second kappa shape index (κ2) is 8.77. The van der Waals surface area contributed by atoms with E-state index in [-0.39, 0.29) is 6.42 Å². The Labute approximate surface area is 163 Å². The van der Waals surface area contributed by atoms with Crippen LogP contribution in [0.4, 0.5) is 0 Å². The minimum Gasteiger partial charge on any atom is -0.497 e. The highest BCUT2D eigenvalue weighted by Gasteiger charge is 2.24. The molecule has 0 radical (unpaired) electrons. The summed E-state index contributed by atoms with van der Waals surface area (Å²) in [5.74, 6) is -0.517. The molecule has 0 spiro atoms. The number of benzene rings is 2. The third-order valence-corrected chi connectivity index (χ3v) is 4.64. The molecule has 2 aromatic carbocycles. The van der Waals surface area contributed by atoms with Crippen molar-refractivity contribution in [1.29, 1.82) is 0 Å². The van der Waals surface area contributed by atoms with Gasteiger partial charge in [-0.05, 0) is 49.2 Å². The largest absolute Gasteiger partial charge is 0.497 e. The van der Waals surface area contributed by atoms with Gasteiger partial charge in [0.25, 0.3) is 5.91 Å². The Morgan fingerprint density at radius 3 is 2.37 bits per heavy atom. The van der Waals surface area contributed by atoms with Gasteiger partial charge in [0.1, 0.15) is 11.5 Å². The number of rotatable bonds is 7. The summed E-state index contributed by atoms with van der Waals surface area (Å²) in [5.41, 5.74) is 2.72. The minimum absolute atomic E-state index is 0.294. The maximum absolute atomic E-state index is 12.8. The molecule has 0 saturated carbocycles. The third-order valence-electron chi connectivity index (χ3n) is 4.33. The first-order valence-corrected chi connectivity index (χ1v) is 8.66. The number of aryl methyl sites for hydroxylation is 2. The number of carbonyl (C=O) groups is 2. The summed E-state index contributed by atoms with van der Waals surface area (Å²) in [4.78, 5) is 24.1. The molecule has 27 heavy (non-hydrogen) atoms. The highest BCUT2D eigenvalue weighted by Crippen LogP contribution is 2.32. The second-order valence-corrected chi connectivity index (χ2v) is 6.56. The molecule has 1 unspecified atom stereocenters. The van der Waals surface area contributed by atoms with Crippen molar-refractivity contribution < 1.29 is 24.2 Å². The van der Waals surface area contributed by atoms with Crippen LogP contribution in [-0.4, -0.2) is 31.2 Å². The lowest BCUT2D eigenvalue weighted by Gasteiger charge is -2.21. The average molecular weight is 392 g/mol. The van der Waals surface area contributed by atoms with Crippen molar-refractivity contribution in [3.8, 4) is 11.5 Å². The van der Waals surface area contributed by atoms with Crippen molar-refractivity contribution in [2.75, 3.05) is 14.2 Å². The molecule has 0 aliphatic rings. The summed E-state index contributed by atoms with van der Waals surface area (Å²) in [6.45, 7) is 3.78. The zero-order valence-electron chi connectivity index (χ0n) is 15.6. The van der Waals surface area contributed by atoms with E-state index in [0.717, 1.165) is 11.1 Å². The maximum Gasteiger partial charge on any atom is 0.305 e. The van der Waals surface area contributed by atoms with Gasteiger partial charge in [-0.3, -0.25) is 9.59 Å². The summed E-state index contributed by atoms with van der Waals surface area (Å²) >= 11 is 6.21. The van der Waals surface area contributed by atoms with Crippen LogP contribution in [0.15, 0.2) is 30.3 Å². The molecular weight excluding hydrogens is 370 g/mol. The number of halogens is 1. The summed E-state index contributed by atoms with van der Waals surface area (Å²) in [7, 11) is 2.99. The van der Waals surface area contributed by atoms with Gasteiger partial charge in [0, 0.05) is 11.6 Å². The fourth-order valence-electron chi connectivity index (χ4n) is 2.71. The standard InChI is InChI=1S/C20H22ClNO5/c1-11-7-15(16(21)8-12(11)2)20(25)22-17(10-19(23)24)14-6-5-13(26-3)9-18(14)27-4/h5-9,17H,10H2,1-4H3,(H,22,25)(H,23,24). The van der Waals surface area contributed by atoms with Gasteiger partial charge in [0.15, 0.2) is 0 Å². The molecule has 0 aliphatic carbocycles. The van der Waals surface area contributed by atoms with Gasteiger partial charge in [0.2, 0.25) is 0 Å². The van der Waals surface area contributed by atoms with Gasteiger partial charge in [-0.2, -0.15) is 0 Å². The maximum atomic E-state index is 12.8. The molecule has 0 bridgehead atoms. The van der Waals surface area contributed by atoms with Gasteiger partial charge >= 0.3 is 5.97 Å². The number of carbonyl (C=O) groups excluding carboxylic acids is 1. The monoisotopic (exact) mass is 391 g/mol. The Balaban J connectivity index is 2.39. The minimum atomic E-state index is -1.05. The molecule has 0 aliphatic heterocycles. The number of carboxylic acid groups (broad SMARTS) is 1. The van der Waals surface area contributed by atoms with Crippen LogP contribution >= 0.6 is 11.6 Å². The fraction of sp³-hybridized carbons (Fsp3) is 0.300. The molecule has 2 N–H and O–H groups in total. The number of carboxylic acids is 1. The molecule has 7 heteroatoms. The van der Waals surface area contributed by atoms with E-state index >= 15 is 0 Å². The number of hydrogen-bond donors (Lipinski definition) is 2. The molecule has 2 rings (SSSR count). The number of methoxy groups -OCH3 is 2. The lowest BCUT2D eigenvalue weighted by Crippen LogP contribution is -2.30. The van der Waals surface area contributed by atoms with Gasteiger partial charge < -0.3 is 19.9 Å². The molecule has 2 aromatic rings. The quantitative estimate of drug-likeness (QED) is 0.747. The Hall–Kier alpha value is -2.73. The van der Waals surface area contributed by atoms with E-state index in [4.69, 9.17) is 21.1 Å². The van der Waals surface area contributed by atoms with Crippen LogP contribution < -0.4 is 14.8 Å². The zero-order valence-corrected chi connectivity index (χ0v) is 16.4. The summed E-state index contributed by atoms with van der Waals surface area (Å²) < 4.78 is 10.5. The molecular formula is C20H22ClNO5. The van der Waals surface area contributed by atoms with E-state index in [0.29, 0.717) is 27.6 Å². The molecule has 0 fully saturated rings. The lowest BCUT2D eigenvalue weighted by molar-refractivity contribution is -0.137. The molecule has 1 amide bonds.